The van der Waals surface area contributed by atoms with Crippen LogP contribution in [0.1, 0.15) is 29.3 Å². The van der Waals surface area contributed by atoms with Gasteiger partial charge in [-0.1, -0.05) is 27.5 Å². The SMILES string of the molecule is Cc1c(Br)cc2c(c1Cl)O[C@H]1CCN(C2=O)[C@@H]1C. The number of amides is 1. The molecule has 18 heavy (non-hydrogen) atoms. The van der Waals surface area contributed by atoms with Crippen molar-refractivity contribution >= 4 is 33.4 Å². The number of carbonyl (C=O) groups excluding carboxylic acids is 1. The molecule has 1 fully saturated rings. The molecule has 0 N–H and O–H groups in total. The zero-order chi connectivity index (χ0) is 13.0. The van der Waals surface area contributed by atoms with Crippen LogP contribution < -0.4 is 4.74 Å². The summed E-state index contributed by atoms with van der Waals surface area (Å²) in [5.41, 5.74) is 1.47. The Labute approximate surface area is 119 Å². The van der Waals surface area contributed by atoms with E-state index in [0.717, 1.165) is 23.0 Å². The van der Waals surface area contributed by atoms with Gasteiger partial charge in [-0.2, -0.15) is 0 Å². The fourth-order valence-electron chi connectivity index (χ4n) is 2.63. The normalized spacial score (nSPS) is 25.8. The molecule has 3 nitrogen and oxygen atoms in total. The van der Waals surface area contributed by atoms with Crippen molar-refractivity contribution in [3.05, 3.63) is 26.7 Å². The molecule has 2 aliphatic heterocycles. The first-order valence-corrected chi connectivity index (χ1v) is 7.14. The van der Waals surface area contributed by atoms with E-state index in [0.29, 0.717) is 16.3 Å². The smallest absolute Gasteiger partial charge is 0.258 e. The van der Waals surface area contributed by atoms with Crippen molar-refractivity contribution in [2.24, 2.45) is 0 Å². The molecular weight excluding hydrogens is 318 g/mol. The molecule has 1 saturated heterocycles. The van der Waals surface area contributed by atoms with Gasteiger partial charge in [0.1, 0.15) is 6.10 Å². The molecule has 0 aliphatic carbocycles. The number of ether oxygens (including phenoxy) is 1. The van der Waals surface area contributed by atoms with Crippen molar-refractivity contribution in [3.63, 3.8) is 0 Å². The average Bonchev–Trinajstić information content (AvgIpc) is 2.65. The standard InChI is InChI=1S/C13H13BrClNO2/c1-6-9(14)5-8-12(11(6)15)18-10-3-4-16(7(10)2)13(8)17/h5,7,10H,3-4H2,1-2H3/t7-,10+/m1/s1. The van der Waals surface area contributed by atoms with Gasteiger partial charge in [-0.15, -0.1) is 0 Å². The Balaban J connectivity index is 2.22. The fraction of sp³-hybridized carbons (Fsp3) is 0.462. The quantitative estimate of drug-likeness (QED) is 0.729. The first-order chi connectivity index (χ1) is 8.50. The summed E-state index contributed by atoms with van der Waals surface area (Å²) >= 11 is 9.75. The highest BCUT2D eigenvalue weighted by Gasteiger charge is 2.41. The van der Waals surface area contributed by atoms with Gasteiger partial charge in [-0.25, -0.2) is 0 Å². The van der Waals surface area contributed by atoms with E-state index in [2.05, 4.69) is 15.9 Å². The molecule has 0 saturated carbocycles. The van der Waals surface area contributed by atoms with Crippen LogP contribution in [0.3, 0.4) is 0 Å². The zero-order valence-electron chi connectivity index (χ0n) is 10.2. The lowest BCUT2D eigenvalue weighted by Crippen LogP contribution is -2.36. The van der Waals surface area contributed by atoms with E-state index < -0.39 is 0 Å². The third-order valence-electron chi connectivity index (χ3n) is 3.85. The summed E-state index contributed by atoms with van der Waals surface area (Å²) in [5, 5.41) is 0.536. The van der Waals surface area contributed by atoms with E-state index in [1.54, 1.807) is 0 Å². The number of nitrogens with zero attached hydrogens (tertiary/aromatic N) is 1. The number of rotatable bonds is 0. The first-order valence-electron chi connectivity index (χ1n) is 5.97. The predicted molar refractivity (Wildman–Crippen MR) is 73.4 cm³/mol. The van der Waals surface area contributed by atoms with Crippen molar-refractivity contribution in [3.8, 4) is 5.75 Å². The van der Waals surface area contributed by atoms with Gasteiger partial charge in [-0.05, 0) is 25.5 Å². The van der Waals surface area contributed by atoms with Gasteiger partial charge in [0.15, 0.2) is 5.75 Å². The number of halogens is 2. The first kappa shape index (κ1) is 12.3. The number of carbonyl (C=O) groups is 1. The van der Waals surface area contributed by atoms with Crippen molar-refractivity contribution < 1.29 is 9.53 Å². The van der Waals surface area contributed by atoms with E-state index >= 15 is 0 Å². The second-order valence-electron chi connectivity index (χ2n) is 4.86. The van der Waals surface area contributed by atoms with Gasteiger partial charge in [0.05, 0.1) is 16.6 Å². The molecular formula is C13H13BrClNO2. The number of hydrogen-bond donors (Lipinski definition) is 0. The van der Waals surface area contributed by atoms with Crippen LogP contribution in [0.2, 0.25) is 5.02 Å². The summed E-state index contributed by atoms with van der Waals surface area (Å²) in [5.74, 6) is 0.557. The van der Waals surface area contributed by atoms with Gasteiger partial charge in [0.2, 0.25) is 0 Å². The highest BCUT2D eigenvalue weighted by molar-refractivity contribution is 9.10. The third-order valence-corrected chi connectivity index (χ3v) is 5.13. The number of fused-ring (bicyclic) bond motifs is 3. The molecule has 0 radical (unpaired) electrons. The summed E-state index contributed by atoms with van der Waals surface area (Å²) in [6.07, 6.45) is 0.922. The van der Waals surface area contributed by atoms with Crippen LogP contribution in [-0.4, -0.2) is 29.5 Å². The largest absolute Gasteiger partial charge is 0.486 e. The second kappa shape index (κ2) is 4.14. The van der Waals surface area contributed by atoms with E-state index in [1.165, 1.54) is 0 Å². The molecule has 3 rings (SSSR count). The van der Waals surface area contributed by atoms with Gasteiger partial charge in [0, 0.05) is 17.4 Å². The molecule has 0 unspecified atom stereocenters. The van der Waals surface area contributed by atoms with Crippen LogP contribution in [0.4, 0.5) is 0 Å². The molecule has 2 bridgehead atoms. The Kier molecular flexibility index (Phi) is 2.83. The molecule has 2 heterocycles. The Hall–Kier alpha value is -0.740. The minimum atomic E-state index is 0.0140. The van der Waals surface area contributed by atoms with Gasteiger partial charge >= 0.3 is 0 Å². The maximum atomic E-state index is 12.5. The molecule has 2 atom stereocenters. The molecule has 1 aromatic rings. The Morgan fingerprint density at radius 2 is 2.28 bits per heavy atom. The highest BCUT2D eigenvalue weighted by Crippen LogP contribution is 2.41. The maximum Gasteiger partial charge on any atom is 0.258 e. The van der Waals surface area contributed by atoms with E-state index in [1.807, 2.05) is 24.8 Å². The lowest BCUT2D eigenvalue weighted by Gasteiger charge is -2.20. The van der Waals surface area contributed by atoms with E-state index in [4.69, 9.17) is 16.3 Å². The molecule has 2 aliphatic rings. The highest BCUT2D eigenvalue weighted by atomic mass is 79.9. The summed E-state index contributed by atoms with van der Waals surface area (Å²) in [7, 11) is 0. The lowest BCUT2D eigenvalue weighted by molar-refractivity contribution is 0.0730. The number of benzene rings is 1. The van der Waals surface area contributed by atoms with E-state index in [-0.39, 0.29) is 18.1 Å². The second-order valence-corrected chi connectivity index (χ2v) is 6.09. The maximum absolute atomic E-state index is 12.5. The minimum absolute atomic E-state index is 0.0140. The van der Waals surface area contributed by atoms with Crippen LogP contribution >= 0.6 is 27.5 Å². The average molecular weight is 331 g/mol. The Morgan fingerprint density at radius 1 is 1.56 bits per heavy atom. The Bertz CT molecular complexity index is 546. The van der Waals surface area contributed by atoms with Crippen LogP contribution in [0.25, 0.3) is 0 Å². The summed E-state index contributed by atoms with van der Waals surface area (Å²) in [4.78, 5) is 14.4. The summed E-state index contributed by atoms with van der Waals surface area (Å²) < 4.78 is 6.82. The molecule has 1 aromatic carbocycles. The van der Waals surface area contributed by atoms with Crippen molar-refractivity contribution in [2.45, 2.75) is 32.4 Å². The van der Waals surface area contributed by atoms with Gasteiger partial charge < -0.3 is 9.64 Å². The molecule has 0 aromatic heterocycles. The van der Waals surface area contributed by atoms with Gasteiger partial charge in [0.25, 0.3) is 5.91 Å². The van der Waals surface area contributed by atoms with Crippen LogP contribution in [-0.2, 0) is 0 Å². The van der Waals surface area contributed by atoms with Crippen LogP contribution in [0.5, 0.6) is 5.75 Å². The van der Waals surface area contributed by atoms with Crippen molar-refractivity contribution in [1.29, 1.82) is 0 Å². The molecule has 96 valence electrons. The zero-order valence-corrected chi connectivity index (χ0v) is 12.5. The van der Waals surface area contributed by atoms with E-state index in [9.17, 15) is 4.79 Å². The minimum Gasteiger partial charge on any atom is -0.486 e. The molecule has 5 heteroatoms. The third kappa shape index (κ3) is 1.58. The Morgan fingerprint density at radius 3 is 3.00 bits per heavy atom. The summed E-state index contributed by atoms with van der Waals surface area (Å²) in [6, 6.07) is 1.92. The number of hydrogen-bond acceptors (Lipinski definition) is 2. The lowest BCUT2D eigenvalue weighted by atomic mass is 10.1. The molecule has 0 spiro atoms. The fourth-order valence-corrected chi connectivity index (χ4v) is 3.42. The van der Waals surface area contributed by atoms with Crippen LogP contribution in [0.15, 0.2) is 10.5 Å². The monoisotopic (exact) mass is 329 g/mol. The predicted octanol–water partition coefficient (Wildman–Crippen LogP) is 3.41. The van der Waals surface area contributed by atoms with Crippen molar-refractivity contribution in [1.82, 2.24) is 4.90 Å². The summed E-state index contributed by atoms with van der Waals surface area (Å²) in [6.45, 7) is 4.69. The van der Waals surface area contributed by atoms with Gasteiger partial charge in [-0.3, -0.25) is 4.79 Å². The van der Waals surface area contributed by atoms with Crippen LogP contribution in [0, 0.1) is 6.92 Å². The molecule has 1 amide bonds. The van der Waals surface area contributed by atoms with Crippen molar-refractivity contribution in [2.75, 3.05) is 6.54 Å². The topological polar surface area (TPSA) is 29.5 Å².